The molecule has 0 saturated carbocycles. The SMILES string of the molecule is CO.Nc1c(F)c(F)c(F)c(F)c1F. The van der Waals surface area contributed by atoms with Gasteiger partial charge in [-0.2, -0.15) is 0 Å². The molecule has 14 heavy (non-hydrogen) atoms. The number of rotatable bonds is 0. The molecule has 2 nitrogen and oxygen atoms in total. The quantitative estimate of drug-likeness (QED) is 0.298. The first-order chi connectivity index (χ1) is 6.46. The molecule has 0 aliphatic carbocycles. The molecule has 0 unspecified atom stereocenters. The normalized spacial score (nSPS) is 9.36. The summed E-state index contributed by atoms with van der Waals surface area (Å²) in [4.78, 5) is 0. The van der Waals surface area contributed by atoms with E-state index in [4.69, 9.17) is 5.11 Å². The average molecular weight is 215 g/mol. The van der Waals surface area contributed by atoms with E-state index in [-0.39, 0.29) is 0 Å². The summed E-state index contributed by atoms with van der Waals surface area (Å²) < 4.78 is 61.1. The lowest BCUT2D eigenvalue weighted by atomic mass is 10.2. The van der Waals surface area contributed by atoms with Crippen molar-refractivity contribution >= 4 is 5.69 Å². The highest BCUT2D eigenvalue weighted by Gasteiger charge is 2.23. The number of nitrogens with two attached hydrogens (primary N) is 1. The van der Waals surface area contributed by atoms with E-state index in [1.807, 2.05) is 0 Å². The number of hydrogen-bond donors (Lipinski definition) is 2. The van der Waals surface area contributed by atoms with E-state index in [1.54, 1.807) is 0 Å². The van der Waals surface area contributed by atoms with Gasteiger partial charge < -0.3 is 10.8 Å². The summed E-state index contributed by atoms with van der Waals surface area (Å²) in [7, 11) is 1.00. The Morgan fingerprint density at radius 3 is 1.21 bits per heavy atom. The molecule has 0 spiro atoms. The van der Waals surface area contributed by atoms with Crippen molar-refractivity contribution in [1.82, 2.24) is 0 Å². The van der Waals surface area contributed by atoms with Crippen molar-refractivity contribution in [3.05, 3.63) is 29.1 Å². The van der Waals surface area contributed by atoms with Crippen LogP contribution in [-0.2, 0) is 0 Å². The number of hydrogen-bond acceptors (Lipinski definition) is 2. The van der Waals surface area contributed by atoms with E-state index < -0.39 is 34.8 Å². The Morgan fingerprint density at radius 1 is 0.714 bits per heavy atom. The molecule has 0 aromatic heterocycles. The molecule has 0 amide bonds. The lowest BCUT2D eigenvalue weighted by Crippen LogP contribution is -2.05. The zero-order chi connectivity index (χ0) is 11.5. The molecule has 0 saturated heterocycles. The van der Waals surface area contributed by atoms with Crippen LogP contribution in [0, 0.1) is 29.1 Å². The van der Waals surface area contributed by atoms with Crippen molar-refractivity contribution in [2.45, 2.75) is 0 Å². The van der Waals surface area contributed by atoms with Crippen LogP contribution in [0.2, 0.25) is 0 Å². The molecule has 0 bridgehead atoms. The van der Waals surface area contributed by atoms with Gasteiger partial charge in [0, 0.05) is 7.11 Å². The van der Waals surface area contributed by atoms with Gasteiger partial charge in [0.15, 0.2) is 23.3 Å². The summed E-state index contributed by atoms with van der Waals surface area (Å²) in [6.45, 7) is 0. The molecule has 80 valence electrons. The Bertz CT molecular complexity index is 236. The second-order valence-electron chi connectivity index (χ2n) is 1.98. The Kier molecular flexibility index (Phi) is 4.29. The minimum atomic E-state index is -2.21. The molecular weight excluding hydrogens is 209 g/mol. The monoisotopic (exact) mass is 215 g/mol. The van der Waals surface area contributed by atoms with Crippen molar-refractivity contribution in [3.8, 4) is 0 Å². The van der Waals surface area contributed by atoms with Crippen LogP contribution in [0.15, 0.2) is 0 Å². The highest BCUT2D eigenvalue weighted by molar-refractivity contribution is 5.42. The van der Waals surface area contributed by atoms with Gasteiger partial charge in [0.2, 0.25) is 5.82 Å². The summed E-state index contributed by atoms with van der Waals surface area (Å²) in [6.07, 6.45) is 0. The summed E-state index contributed by atoms with van der Waals surface area (Å²) >= 11 is 0. The van der Waals surface area contributed by atoms with Crippen molar-refractivity contribution in [2.75, 3.05) is 12.8 Å². The molecule has 0 aliphatic heterocycles. The first kappa shape index (κ1) is 12.6. The van der Waals surface area contributed by atoms with Crippen LogP contribution in [-0.4, -0.2) is 12.2 Å². The van der Waals surface area contributed by atoms with Gasteiger partial charge in [-0.3, -0.25) is 0 Å². The lowest BCUT2D eigenvalue weighted by molar-refractivity contribution is 0.382. The summed E-state index contributed by atoms with van der Waals surface area (Å²) in [5.41, 5.74) is 3.19. The van der Waals surface area contributed by atoms with E-state index >= 15 is 0 Å². The number of aliphatic hydroxyl groups excluding tert-OH is 1. The minimum absolute atomic E-state index is 1.00. The third-order valence-electron chi connectivity index (χ3n) is 1.24. The number of benzene rings is 1. The predicted molar refractivity (Wildman–Crippen MR) is 38.8 cm³/mol. The molecule has 0 aliphatic rings. The highest BCUT2D eigenvalue weighted by Crippen LogP contribution is 2.23. The Balaban J connectivity index is 0.000000791. The summed E-state index contributed by atoms with van der Waals surface area (Å²) in [6, 6.07) is 0. The van der Waals surface area contributed by atoms with E-state index in [9.17, 15) is 22.0 Å². The molecule has 0 radical (unpaired) electrons. The van der Waals surface area contributed by atoms with Crippen LogP contribution in [0.3, 0.4) is 0 Å². The van der Waals surface area contributed by atoms with E-state index in [0.29, 0.717) is 0 Å². The molecular formula is C7H6F5NO. The fourth-order valence-corrected chi connectivity index (χ4v) is 0.622. The molecule has 0 atom stereocenters. The topological polar surface area (TPSA) is 46.2 Å². The third kappa shape index (κ3) is 1.92. The Hall–Kier alpha value is -1.37. The standard InChI is InChI=1S/C6H2F5N.CH4O/c7-1-2(8)4(10)6(12)5(11)3(1)9;1-2/h12H2;2H,1H3. The van der Waals surface area contributed by atoms with Gasteiger partial charge in [0.05, 0.1) is 0 Å². The number of nitrogen functional groups attached to an aromatic ring is 1. The number of aliphatic hydroxyl groups is 1. The van der Waals surface area contributed by atoms with E-state index in [1.165, 1.54) is 0 Å². The van der Waals surface area contributed by atoms with Crippen LogP contribution in [0.25, 0.3) is 0 Å². The van der Waals surface area contributed by atoms with Crippen LogP contribution in [0.1, 0.15) is 0 Å². The fourth-order valence-electron chi connectivity index (χ4n) is 0.622. The smallest absolute Gasteiger partial charge is 0.200 e. The van der Waals surface area contributed by atoms with E-state index in [2.05, 4.69) is 5.73 Å². The van der Waals surface area contributed by atoms with Gasteiger partial charge in [-0.1, -0.05) is 0 Å². The van der Waals surface area contributed by atoms with Crippen LogP contribution < -0.4 is 5.73 Å². The van der Waals surface area contributed by atoms with Crippen LogP contribution >= 0.6 is 0 Å². The zero-order valence-corrected chi connectivity index (χ0v) is 6.91. The maximum absolute atomic E-state index is 12.3. The second kappa shape index (κ2) is 4.75. The van der Waals surface area contributed by atoms with Gasteiger partial charge in [0.1, 0.15) is 5.69 Å². The van der Waals surface area contributed by atoms with E-state index in [0.717, 1.165) is 7.11 Å². The minimum Gasteiger partial charge on any atom is -0.400 e. The van der Waals surface area contributed by atoms with Gasteiger partial charge in [-0.05, 0) is 0 Å². The zero-order valence-electron chi connectivity index (χ0n) is 6.91. The van der Waals surface area contributed by atoms with Crippen LogP contribution in [0.4, 0.5) is 27.6 Å². The molecule has 3 N–H and O–H groups in total. The summed E-state index contributed by atoms with van der Waals surface area (Å²) in [5.74, 6) is -10.3. The van der Waals surface area contributed by atoms with Crippen molar-refractivity contribution in [1.29, 1.82) is 0 Å². The lowest BCUT2D eigenvalue weighted by Gasteiger charge is -2.02. The molecule has 7 heteroatoms. The molecule has 1 aromatic carbocycles. The third-order valence-corrected chi connectivity index (χ3v) is 1.24. The molecule has 1 rings (SSSR count). The first-order valence-corrected chi connectivity index (χ1v) is 3.18. The Morgan fingerprint density at radius 2 is 0.929 bits per heavy atom. The average Bonchev–Trinajstić information content (AvgIpc) is 2.24. The number of halogens is 5. The molecule has 0 fully saturated rings. The largest absolute Gasteiger partial charge is 0.400 e. The second-order valence-corrected chi connectivity index (χ2v) is 1.98. The fraction of sp³-hybridized carbons (Fsp3) is 0.143. The summed E-state index contributed by atoms with van der Waals surface area (Å²) in [5, 5.41) is 7.00. The maximum atomic E-state index is 12.3. The van der Waals surface area contributed by atoms with Gasteiger partial charge in [-0.25, -0.2) is 22.0 Å². The maximum Gasteiger partial charge on any atom is 0.200 e. The van der Waals surface area contributed by atoms with Crippen molar-refractivity contribution in [2.24, 2.45) is 0 Å². The highest BCUT2D eigenvalue weighted by atomic mass is 19.2. The van der Waals surface area contributed by atoms with Crippen molar-refractivity contribution in [3.63, 3.8) is 0 Å². The molecule has 0 heterocycles. The predicted octanol–water partition coefficient (Wildman–Crippen LogP) is 1.57. The molecule has 1 aromatic rings. The van der Waals surface area contributed by atoms with Gasteiger partial charge >= 0.3 is 0 Å². The van der Waals surface area contributed by atoms with Gasteiger partial charge in [0.25, 0.3) is 0 Å². The Labute approximate surface area is 75.8 Å². The van der Waals surface area contributed by atoms with Crippen molar-refractivity contribution < 1.29 is 27.1 Å². The van der Waals surface area contributed by atoms with Crippen LogP contribution in [0.5, 0.6) is 0 Å². The number of anilines is 1. The first-order valence-electron chi connectivity index (χ1n) is 3.18. The van der Waals surface area contributed by atoms with Gasteiger partial charge in [-0.15, -0.1) is 0 Å².